The SMILES string of the molecule is CNC(=O)c1cc2c(cc1F)N1CC(C)(C)CC2(C)CC(=O)N(c2ccc(C#N)c(C(F)(F)F)c2)C1=S. The number of amides is 2. The van der Waals surface area contributed by atoms with Gasteiger partial charge in [-0.25, -0.2) is 4.39 Å². The summed E-state index contributed by atoms with van der Waals surface area (Å²) in [5.74, 6) is -1.96. The molecule has 1 N–H and O–H groups in total. The second-order valence-electron chi connectivity index (χ2n) is 10.4. The molecule has 1 atom stereocenters. The summed E-state index contributed by atoms with van der Waals surface area (Å²) in [6, 6.07) is 7.14. The first-order valence-electron chi connectivity index (χ1n) is 11.4. The first-order valence-corrected chi connectivity index (χ1v) is 11.8. The van der Waals surface area contributed by atoms with Gasteiger partial charge >= 0.3 is 6.18 Å². The summed E-state index contributed by atoms with van der Waals surface area (Å²) in [7, 11) is 1.38. The number of alkyl halides is 3. The van der Waals surface area contributed by atoms with Gasteiger partial charge in [-0.05, 0) is 59.9 Å². The molecule has 0 aromatic heterocycles. The third-order valence-electron chi connectivity index (χ3n) is 6.85. The van der Waals surface area contributed by atoms with Gasteiger partial charge < -0.3 is 10.2 Å². The highest BCUT2D eigenvalue weighted by molar-refractivity contribution is 7.81. The number of nitrogens with one attached hydrogen (secondary N) is 1. The fourth-order valence-electron chi connectivity index (χ4n) is 5.53. The Morgan fingerprint density at radius 2 is 1.86 bits per heavy atom. The summed E-state index contributed by atoms with van der Waals surface area (Å²) >= 11 is 5.69. The molecular formula is C26H24F4N4O2S. The Labute approximate surface area is 216 Å². The van der Waals surface area contributed by atoms with Crippen LogP contribution in [0.3, 0.4) is 0 Å². The van der Waals surface area contributed by atoms with Gasteiger partial charge in [0.25, 0.3) is 5.91 Å². The van der Waals surface area contributed by atoms with Gasteiger partial charge in [-0.2, -0.15) is 18.4 Å². The zero-order valence-electron chi connectivity index (χ0n) is 20.6. The maximum Gasteiger partial charge on any atom is 0.417 e. The number of nitrogens with zero attached hydrogens (tertiary/aromatic N) is 3. The van der Waals surface area contributed by atoms with E-state index in [1.54, 1.807) is 4.90 Å². The zero-order chi connectivity index (χ0) is 27.5. The van der Waals surface area contributed by atoms with Gasteiger partial charge in [-0.3, -0.25) is 14.5 Å². The summed E-state index contributed by atoms with van der Waals surface area (Å²) in [4.78, 5) is 28.6. The topological polar surface area (TPSA) is 76.4 Å². The Bertz CT molecular complexity index is 1380. The van der Waals surface area contributed by atoms with Crippen molar-refractivity contribution < 1.29 is 27.2 Å². The number of nitriles is 1. The van der Waals surface area contributed by atoms with Crippen LogP contribution in [-0.2, 0) is 16.4 Å². The van der Waals surface area contributed by atoms with Crippen LogP contribution < -0.4 is 15.1 Å². The molecule has 2 heterocycles. The highest BCUT2D eigenvalue weighted by atomic mass is 32.1. The van der Waals surface area contributed by atoms with Gasteiger partial charge in [-0.15, -0.1) is 0 Å². The van der Waals surface area contributed by atoms with Crippen molar-refractivity contribution in [3.63, 3.8) is 0 Å². The van der Waals surface area contributed by atoms with E-state index in [1.165, 1.54) is 31.3 Å². The maximum atomic E-state index is 15.1. The van der Waals surface area contributed by atoms with Crippen molar-refractivity contribution in [2.45, 2.75) is 45.2 Å². The summed E-state index contributed by atoms with van der Waals surface area (Å²) in [5, 5.41) is 11.5. The predicted molar refractivity (Wildman–Crippen MR) is 134 cm³/mol. The molecule has 0 fully saturated rings. The standard InChI is InChI=1S/C26H24F4N4O2S/c1-24(2)12-25(3)10-21(35)34(15-6-5-14(11-31)17(7-15)26(28,29)30)23(37)33(13-24)20-9-19(27)16(8-18(20)25)22(36)32-4/h5-9H,10,12-13H2,1-4H3,(H,32,36). The molecule has 2 aromatic rings. The van der Waals surface area contributed by atoms with Gasteiger partial charge in [0, 0.05) is 31.1 Å². The molecule has 0 saturated carbocycles. The highest BCUT2D eigenvalue weighted by Gasteiger charge is 2.48. The lowest BCUT2D eigenvalue weighted by Crippen LogP contribution is -2.50. The molecule has 11 heteroatoms. The van der Waals surface area contributed by atoms with E-state index in [4.69, 9.17) is 17.5 Å². The number of rotatable bonds is 2. The molecule has 194 valence electrons. The van der Waals surface area contributed by atoms with Crippen LogP contribution in [0.15, 0.2) is 30.3 Å². The fraction of sp³-hybridized carbons (Fsp3) is 0.385. The van der Waals surface area contributed by atoms with Gasteiger partial charge in [0.05, 0.1) is 28.4 Å². The van der Waals surface area contributed by atoms with Crippen LogP contribution in [0.1, 0.15) is 60.7 Å². The van der Waals surface area contributed by atoms with Gasteiger partial charge in [-0.1, -0.05) is 20.8 Å². The van der Waals surface area contributed by atoms with E-state index in [-0.39, 0.29) is 29.3 Å². The summed E-state index contributed by atoms with van der Waals surface area (Å²) in [6.45, 7) is 6.01. The van der Waals surface area contributed by atoms with Crippen molar-refractivity contribution in [2.75, 3.05) is 23.4 Å². The van der Waals surface area contributed by atoms with Crippen molar-refractivity contribution >= 4 is 40.5 Å². The summed E-state index contributed by atoms with van der Waals surface area (Å²) in [6.07, 6.45) is -4.52. The van der Waals surface area contributed by atoms with Crippen molar-refractivity contribution in [3.8, 4) is 6.07 Å². The van der Waals surface area contributed by atoms with Gasteiger partial charge in [0.15, 0.2) is 5.11 Å². The van der Waals surface area contributed by atoms with Crippen LogP contribution in [0, 0.1) is 22.6 Å². The number of hydrogen-bond donors (Lipinski definition) is 1. The number of carbonyl (C=O) groups is 2. The Kier molecular flexibility index (Phi) is 6.31. The van der Waals surface area contributed by atoms with Crippen LogP contribution >= 0.6 is 12.2 Å². The summed E-state index contributed by atoms with van der Waals surface area (Å²) < 4.78 is 56.3. The molecule has 1 unspecified atom stereocenters. The molecule has 2 bridgehead atoms. The van der Waals surface area contributed by atoms with Gasteiger partial charge in [0.2, 0.25) is 5.91 Å². The Morgan fingerprint density at radius 3 is 2.46 bits per heavy atom. The average molecular weight is 533 g/mol. The predicted octanol–water partition coefficient (Wildman–Crippen LogP) is 5.29. The third kappa shape index (κ3) is 4.55. The second-order valence-corrected chi connectivity index (χ2v) is 10.8. The largest absolute Gasteiger partial charge is 0.417 e. The first-order chi connectivity index (χ1) is 17.1. The first kappa shape index (κ1) is 26.5. The minimum atomic E-state index is -4.83. The summed E-state index contributed by atoms with van der Waals surface area (Å²) in [5.41, 5.74) is -2.51. The molecule has 2 amide bonds. The number of halogens is 4. The van der Waals surface area contributed by atoms with E-state index in [0.717, 1.165) is 17.0 Å². The van der Waals surface area contributed by atoms with E-state index in [9.17, 15) is 22.8 Å². The monoisotopic (exact) mass is 532 g/mol. The lowest BCUT2D eigenvalue weighted by Gasteiger charge is -2.39. The number of benzene rings is 2. The van der Waals surface area contributed by atoms with Crippen molar-refractivity contribution in [2.24, 2.45) is 5.41 Å². The molecule has 0 aliphatic carbocycles. The van der Waals surface area contributed by atoms with Crippen molar-refractivity contribution in [1.29, 1.82) is 5.26 Å². The lowest BCUT2D eigenvalue weighted by molar-refractivity contribution is -0.137. The smallest absolute Gasteiger partial charge is 0.355 e. The third-order valence-corrected chi connectivity index (χ3v) is 7.26. The van der Waals surface area contributed by atoms with E-state index < -0.39 is 45.8 Å². The van der Waals surface area contributed by atoms with Crippen LogP contribution in [0.25, 0.3) is 0 Å². The number of carbonyl (C=O) groups excluding carboxylic acids is 2. The minimum Gasteiger partial charge on any atom is -0.355 e. The second kappa shape index (κ2) is 8.80. The van der Waals surface area contributed by atoms with Crippen molar-refractivity contribution in [1.82, 2.24) is 5.32 Å². The van der Waals surface area contributed by atoms with Crippen LogP contribution in [0.4, 0.5) is 28.9 Å². The quantitative estimate of drug-likeness (QED) is 0.420. The lowest BCUT2D eigenvalue weighted by atomic mass is 9.68. The number of thiocarbonyl (C=S) groups is 1. The van der Waals surface area contributed by atoms with E-state index >= 15 is 4.39 Å². The number of anilines is 2. The van der Waals surface area contributed by atoms with Crippen LogP contribution in [0.2, 0.25) is 0 Å². The van der Waals surface area contributed by atoms with Gasteiger partial charge in [0.1, 0.15) is 5.82 Å². The fourth-order valence-corrected chi connectivity index (χ4v) is 5.90. The van der Waals surface area contributed by atoms with E-state index in [1.807, 2.05) is 20.8 Å². The molecule has 0 saturated heterocycles. The minimum absolute atomic E-state index is 0.117. The number of hydrogen-bond acceptors (Lipinski definition) is 4. The zero-order valence-corrected chi connectivity index (χ0v) is 21.4. The Balaban J connectivity index is 1.97. The molecular weight excluding hydrogens is 508 g/mol. The highest BCUT2D eigenvalue weighted by Crippen LogP contribution is 2.50. The average Bonchev–Trinajstić information content (AvgIpc) is 2.86. The molecule has 37 heavy (non-hydrogen) atoms. The van der Waals surface area contributed by atoms with Crippen LogP contribution in [-0.4, -0.2) is 30.5 Å². The van der Waals surface area contributed by atoms with E-state index in [0.29, 0.717) is 17.7 Å². The Morgan fingerprint density at radius 1 is 1.19 bits per heavy atom. The van der Waals surface area contributed by atoms with Crippen LogP contribution in [0.5, 0.6) is 0 Å². The molecule has 2 aromatic carbocycles. The molecule has 2 aliphatic heterocycles. The molecule has 4 rings (SSSR count). The Hall–Kier alpha value is -3.52. The molecule has 0 radical (unpaired) electrons. The molecule has 2 aliphatic rings. The van der Waals surface area contributed by atoms with Crippen molar-refractivity contribution in [3.05, 3.63) is 58.4 Å². The maximum absolute atomic E-state index is 15.1. The normalized spacial score (nSPS) is 21.1. The molecule has 0 spiro atoms. The van der Waals surface area contributed by atoms with E-state index in [2.05, 4.69) is 5.32 Å². The molecule has 6 nitrogen and oxygen atoms in total.